The number of hydroxylamine groups is 2. The van der Waals surface area contributed by atoms with Crippen molar-refractivity contribution in [2.75, 3.05) is 53.4 Å². The lowest BCUT2D eigenvalue weighted by molar-refractivity contribution is -0.183. The highest BCUT2D eigenvalue weighted by Crippen LogP contribution is 2.61. The number of fused-ring (bicyclic) bond motifs is 2. The number of benzene rings is 3. The number of aromatic hydroxyl groups is 1. The number of carbonyl (C=O) groups excluding carboxylic acids is 2. The van der Waals surface area contributed by atoms with E-state index in [2.05, 4.69) is 31.4 Å². The predicted molar refractivity (Wildman–Crippen MR) is 222 cm³/mol. The van der Waals surface area contributed by atoms with Crippen LogP contribution < -0.4 is 20.3 Å². The number of anilines is 1. The third-order valence-electron chi connectivity index (χ3n) is 13.0. The van der Waals surface area contributed by atoms with Gasteiger partial charge in [-0.1, -0.05) is 51.1 Å². The number of phenolic OH excluding ortho intramolecular Hbond substituents is 1. The van der Waals surface area contributed by atoms with Crippen molar-refractivity contribution in [2.24, 2.45) is 29.1 Å². The summed E-state index contributed by atoms with van der Waals surface area (Å²) in [4.78, 5) is 38.6. The summed E-state index contributed by atoms with van der Waals surface area (Å²) in [6, 6.07) is 17.5. The van der Waals surface area contributed by atoms with Gasteiger partial charge in [-0.2, -0.15) is 5.06 Å². The predicted octanol–water partition coefficient (Wildman–Crippen LogP) is 4.70. The van der Waals surface area contributed by atoms with E-state index in [0.29, 0.717) is 42.0 Å². The van der Waals surface area contributed by atoms with Crippen molar-refractivity contribution >= 4 is 17.5 Å². The van der Waals surface area contributed by atoms with Crippen molar-refractivity contribution in [3.63, 3.8) is 0 Å². The lowest BCUT2D eigenvalue weighted by atomic mass is 9.45. The van der Waals surface area contributed by atoms with E-state index in [-0.39, 0.29) is 48.2 Å². The zero-order valence-electron chi connectivity index (χ0n) is 35.0. The standard InChI is InChI=1S/C45H63N5O7/c1-26-37-21-32(45(37,3)4)22-38(26)47-44(55)41-40(27(2)52)39(25-51)57-50(41)23-29-13-11-15-36(42(29)56-9)30-18-31(20-34(19-30)49(7)8)43(54)46-33(24-48(5)6)16-28-12-10-14-35(53)17-28/h10-15,17-20,26-27,32-33,37-41,51-53H,16,21-25H2,1-9H3,(H,46,54)(H,47,55)/t26-,27-,32+,33-,37-,38-,39-,40+,41-/m0/s1. The number of para-hydroxylation sites is 1. The molecule has 2 bridgehead atoms. The van der Waals surface area contributed by atoms with Crippen LogP contribution in [-0.2, 0) is 22.6 Å². The van der Waals surface area contributed by atoms with Gasteiger partial charge < -0.3 is 40.5 Å². The van der Waals surface area contributed by atoms with Crippen LogP contribution in [0.1, 0.15) is 62.0 Å². The number of amides is 2. The maximum Gasteiger partial charge on any atom is 0.251 e. The van der Waals surface area contributed by atoms with Gasteiger partial charge in [0.15, 0.2) is 0 Å². The van der Waals surface area contributed by atoms with E-state index in [1.165, 1.54) is 6.42 Å². The van der Waals surface area contributed by atoms with Crippen LogP contribution in [0.5, 0.6) is 11.5 Å². The first-order valence-corrected chi connectivity index (χ1v) is 20.3. The second kappa shape index (κ2) is 17.3. The van der Waals surface area contributed by atoms with Gasteiger partial charge in [0.2, 0.25) is 5.91 Å². The Morgan fingerprint density at radius 3 is 2.40 bits per heavy atom. The number of ether oxygens (including phenoxy) is 1. The van der Waals surface area contributed by atoms with E-state index in [1.807, 2.05) is 80.5 Å². The summed E-state index contributed by atoms with van der Waals surface area (Å²) in [5, 5.41) is 39.6. The van der Waals surface area contributed by atoms with Crippen molar-refractivity contribution in [1.29, 1.82) is 0 Å². The molecule has 0 unspecified atom stereocenters. The van der Waals surface area contributed by atoms with Crippen molar-refractivity contribution in [1.82, 2.24) is 20.6 Å². The zero-order valence-corrected chi connectivity index (χ0v) is 35.0. The van der Waals surface area contributed by atoms with Crippen molar-refractivity contribution < 1.29 is 34.5 Å². The highest BCUT2D eigenvalue weighted by Gasteiger charge is 2.57. The molecule has 4 fully saturated rings. The van der Waals surface area contributed by atoms with Gasteiger partial charge in [-0.3, -0.25) is 14.4 Å². The Bertz CT molecular complexity index is 1900. The summed E-state index contributed by atoms with van der Waals surface area (Å²) in [5.74, 6) is 1.07. The first-order chi connectivity index (χ1) is 27.0. The molecule has 0 aromatic heterocycles. The Balaban J connectivity index is 1.28. The molecule has 4 aliphatic rings. The molecule has 3 aliphatic carbocycles. The molecule has 12 heteroatoms. The van der Waals surface area contributed by atoms with Gasteiger partial charge in [-0.25, -0.2) is 0 Å². The lowest BCUT2D eigenvalue weighted by Gasteiger charge is -2.62. The topological polar surface area (TPSA) is 147 Å². The van der Waals surface area contributed by atoms with Gasteiger partial charge in [0, 0.05) is 61.0 Å². The Hall–Kier alpha value is -4.20. The van der Waals surface area contributed by atoms with Crippen LogP contribution in [0, 0.1) is 29.1 Å². The molecule has 1 saturated heterocycles. The summed E-state index contributed by atoms with van der Waals surface area (Å²) < 4.78 is 6.10. The molecule has 5 N–H and O–H groups in total. The maximum atomic E-state index is 14.3. The first-order valence-electron chi connectivity index (χ1n) is 20.3. The molecular formula is C45H63N5O7. The molecule has 3 aromatic carbocycles. The van der Waals surface area contributed by atoms with Gasteiger partial charge >= 0.3 is 0 Å². The molecule has 2 amide bonds. The van der Waals surface area contributed by atoms with Gasteiger partial charge in [0.05, 0.1) is 26.4 Å². The Kier molecular flexibility index (Phi) is 12.9. The first kappa shape index (κ1) is 42.4. The monoisotopic (exact) mass is 785 g/mol. The van der Waals surface area contributed by atoms with Crippen molar-refractivity contribution in [3.8, 4) is 22.6 Å². The summed E-state index contributed by atoms with van der Waals surface area (Å²) in [6.45, 7) is 8.93. The maximum absolute atomic E-state index is 14.3. The lowest BCUT2D eigenvalue weighted by Crippen LogP contribution is -2.62. The summed E-state index contributed by atoms with van der Waals surface area (Å²) in [6.07, 6.45) is 0.968. The number of aliphatic hydroxyl groups excluding tert-OH is 2. The van der Waals surface area contributed by atoms with Crippen LogP contribution >= 0.6 is 0 Å². The normalized spacial score (nSPS) is 26.4. The van der Waals surface area contributed by atoms with Crippen LogP contribution in [0.3, 0.4) is 0 Å². The van der Waals surface area contributed by atoms with Crippen LogP contribution in [0.2, 0.25) is 0 Å². The van der Waals surface area contributed by atoms with E-state index in [0.717, 1.165) is 34.4 Å². The Morgan fingerprint density at radius 2 is 1.79 bits per heavy atom. The fourth-order valence-electron chi connectivity index (χ4n) is 9.82. The summed E-state index contributed by atoms with van der Waals surface area (Å²) in [7, 11) is 9.37. The molecule has 1 heterocycles. The Labute approximate surface area is 338 Å². The van der Waals surface area contributed by atoms with Crippen LogP contribution in [0.25, 0.3) is 11.1 Å². The fraction of sp³-hybridized carbons (Fsp3) is 0.556. The van der Waals surface area contributed by atoms with E-state index in [4.69, 9.17) is 9.57 Å². The Morgan fingerprint density at radius 1 is 1.05 bits per heavy atom. The number of nitrogens with one attached hydrogen (secondary N) is 2. The smallest absolute Gasteiger partial charge is 0.251 e. The number of methoxy groups -OCH3 is 1. The van der Waals surface area contributed by atoms with E-state index < -0.39 is 24.2 Å². The minimum absolute atomic E-state index is 0.0251. The van der Waals surface area contributed by atoms with Crippen molar-refractivity contribution in [2.45, 2.75) is 83.8 Å². The number of carbonyl (C=O) groups is 2. The number of hydrogen-bond acceptors (Lipinski definition) is 10. The van der Waals surface area contributed by atoms with E-state index in [1.54, 1.807) is 37.3 Å². The molecular weight excluding hydrogens is 723 g/mol. The number of rotatable bonds is 15. The highest BCUT2D eigenvalue weighted by molar-refractivity contribution is 5.97. The third-order valence-corrected chi connectivity index (χ3v) is 13.0. The number of hydrogen-bond donors (Lipinski definition) is 5. The zero-order chi connectivity index (χ0) is 41.3. The molecule has 9 atom stereocenters. The quantitative estimate of drug-likeness (QED) is 0.147. The summed E-state index contributed by atoms with van der Waals surface area (Å²) in [5.41, 5.74) is 4.75. The van der Waals surface area contributed by atoms with Crippen LogP contribution in [-0.4, -0.2) is 116 Å². The van der Waals surface area contributed by atoms with E-state index >= 15 is 0 Å². The molecule has 0 spiro atoms. The molecule has 0 radical (unpaired) electrons. The molecule has 7 rings (SSSR count). The van der Waals surface area contributed by atoms with Gasteiger partial charge in [-0.05, 0) is 105 Å². The van der Waals surface area contributed by atoms with Crippen LogP contribution in [0.15, 0.2) is 60.7 Å². The molecule has 310 valence electrons. The average Bonchev–Trinajstić information content (AvgIpc) is 3.53. The van der Waals surface area contributed by atoms with Gasteiger partial charge in [0.25, 0.3) is 5.91 Å². The minimum Gasteiger partial charge on any atom is -0.508 e. The summed E-state index contributed by atoms with van der Waals surface area (Å²) >= 11 is 0. The number of likely N-dealkylation sites (N-methyl/N-ethyl adjacent to an activating group) is 1. The van der Waals surface area contributed by atoms with Gasteiger partial charge in [-0.15, -0.1) is 0 Å². The molecule has 57 heavy (non-hydrogen) atoms. The minimum atomic E-state index is -0.914. The molecule has 1 aliphatic heterocycles. The number of phenols is 1. The highest BCUT2D eigenvalue weighted by atomic mass is 16.7. The van der Waals surface area contributed by atoms with E-state index in [9.17, 15) is 24.9 Å². The molecule has 3 aromatic rings. The SMILES string of the molecule is COc1c(CN2O[C@@H](CO)[C@@H]([C@H](C)O)[C@H]2C(=O)N[C@H]2C[C@H]3C[C@@H]([C@@H]2C)C3(C)C)cccc1-c1cc(C(=O)N[C@@H](Cc2cccc(O)c2)CN(C)C)cc(N(C)C)c1. The fourth-order valence-corrected chi connectivity index (χ4v) is 9.82. The second-order valence-corrected chi connectivity index (χ2v) is 17.7. The van der Waals surface area contributed by atoms with Gasteiger partial charge in [0.1, 0.15) is 23.6 Å². The second-order valence-electron chi connectivity index (χ2n) is 17.7. The largest absolute Gasteiger partial charge is 0.508 e. The van der Waals surface area contributed by atoms with Crippen LogP contribution in [0.4, 0.5) is 5.69 Å². The molecule has 12 nitrogen and oxygen atoms in total. The van der Waals surface area contributed by atoms with Crippen molar-refractivity contribution in [3.05, 3.63) is 77.4 Å². The molecule has 3 saturated carbocycles. The third kappa shape index (κ3) is 8.95. The number of aliphatic hydroxyl groups is 2. The number of nitrogens with zero attached hydrogens (tertiary/aromatic N) is 3. The average molecular weight is 786 g/mol.